The number of nitrogens with zero attached hydrogens (tertiary/aromatic N) is 4. The summed E-state index contributed by atoms with van der Waals surface area (Å²) in [7, 11) is 0. The number of carbonyl (C=O) groups is 2. The number of tetrazole rings is 1. The summed E-state index contributed by atoms with van der Waals surface area (Å²) >= 11 is 1.62. The van der Waals surface area contributed by atoms with Gasteiger partial charge in [0, 0.05) is 4.75 Å². The zero-order chi connectivity index (χ0) is 22.9. The standard InChI is InChI=1S/C21H28N6O4S/c1-5-10-30-12-8-7-9-13(31-11-6-2)14(12)18(28)22-15-19(29)27-16(17-23-25-26-24-17)21(3,4)32-20(15)27/h7-9,15-16,20H,5-6,10-11H2,1-4H3,(H,22,28)(H,23,24,25,26)/t15?,16?,20-/m1/s1. The van der Waals surface area contributed by atoms with E-state index < -0.39 is 6.04 Å². The topological polar surface area (TPSA) is 122 Å². The maximum absolute atomic E-state index is 13.3. The number of rotatable bonds is 9. The van der Waals surface area contributed by atoms with Crippen LogP contribution >= 0.6 is 11.8 Å². The first-order valence-corrected chi connectivity index (χ1v) is 11.7. The summed E-state index contributed by atoms with van der Waals surface area (Å²) in [5.41, 5.74) is 0.318. The van der Waals surface area contributed by atoms with Crippen LogP contribution in [0.4, 0.5) is 0 Å². The largest absolute Gasteiger partial charge is 0.493 e. The Morgan fingerprint density at radius 3 is 2.44 bits per heavy atom. The lowest BCUT2D eigenvalue weighted by Crippen LogP contribution is -2.67. The van der Waals surface area contributed by atoms with Crippen molar-refractivity contribution in [2.24, 2.45) is 0 Å². The van der Waals surface area contributed by atoms with Gasteiger partial charge >= 0.3 is 0 Å². The molecule has 1 aromatic heterocycles. The van der Waals surface area contributed by atoms with Crippen molar-refractivity contribution in [3.05, 3.63) is 29.6 Å². The molecule has 10 nitrogen and oxygen atoms in total. The summed E-state index contributed by atoms with van der Waals surface area (Å²) in [4.78, 5) is 28.1. The third-order valence-electron chi connectivity index (χ3n) is 5.49. The zero-order valence-corrected chi connectivity index (χ0v) is 19.4. The molecule has 1 aromatic carbocycles. The molecule has 0 bridgehead atoms. The number of fused-ring (bicyclic) bond motifs is 1. The van der Waals surface area contributed by atoms with Crippen LogP contribution in [0, 0.1) is 0 Å². The third-order valence-corrected chi connectivity index (χ3v) is 7.06. The average Bonchev–Trinajstić information content (AvgIpc) is 3.38. The molecule has 3 heterocycles. The molecule has 0 aliphatic carbocycles. The SMILES string of the molecule is CCCOc1cccc(OCCC)c1C(=O)NC1C(=O)N2C(c3nnn[nH]3)C(C)(C)S[C@H]12. The van der Waals surface area contributed by atoms with Crippen molar-refractivity contribution < 1.29 is 19.1 Å². The second kappa shape index (κ2) is 8.97. The van der Waals surface area contributed by atoms with Gasteiger partial charge in [-0.3, -0.25) is 9.59 Å². The monoisotopic (exact) mass is 460 g/mol. The van der Waals surface area contributed by atoms with E-state index in [1.807, 2.05) is 27.7 Å². The maximum atomic E-state index is 13.3. The number of β-lactam (4-membered cyclic amide) rings is 1. The van der Waals surface area contributed by atoms with Gasteiger partial charge in [0.05, 0.1) is 13.2 Å². The van der Waals surface area contributed by atoms with E-state index in [-0.39, 0.29) is 28.0 Å². The van der Waals surface area contributed by atoms with Gasteiger partial charge in [0.15, 0.2) is 5.82 Å². The Labute approximate surface area is 190 Å². The number of nitrogens with one attached hydrogen (secondary N) is 2. The molecule has 11 heteroatoms. The van der Waals surface area contributed by atoms with Crippen molar-refractivity contribution in [2.45, 2.75) is 62.7 Å². The van der Waals surface area contributed by atoms with Crippen LogP contribution in [-0.2, 0) is 4.79 Å². The zero-order valence-electron chi connectivity index (χ0n) is 18.6. The highest BCUT2D eigenvalue weighted by atomic mass is 32.2. The van der Waals surface area contributed by atoms with E-state index in [0.29, 0.717) is 36.1 Å². The smallest absolute Gasteiger partial charge is 0.259 e. The van der Waals surface area contributed by atoms with Gasteiger partial charge in [-0.05, 0) is 49.2 Å². The number of hydrogen-bond donors (Lipinski definition) is 2. The Balaban J connectivity index is 1.56. The van der Waals surface area contributed by atoms with Crippen molar-refractivity contribution in [3.8, 4) is 11.5 Å². The molecule has 2 saturated heterocycles. The molecule has 2 amide bonds. The van der Waals surface area contributed by atoms with E-state index in [0.717, 1.165) is 12.8 Å². The molecule has 4 rings (SSSR count). The molecule has 32 heavy (non-hydrogen) atoms. The third kappa shape index (κ3) is 3.89. The first kappa shape index (κ1) is 22.4. The number of carbonyl (C=O) groups excluding carboxylic acids is 2. The van der Waals surface area contributed by atoms with E-state index in [4.69, 9.17) is 9.47 Å². The number of benzene rings is 1. The average molecular weight is 461 g/mol. The molecular formula is C21H28N6O4S. The highest BCUT2D eigenvalue weighted by molar-refractivity contribution is 8.01. The van der Waals surface area contributed by atoms with Gasteiger partial charge in [-0.1, -0.05) is 19.9 Å². The van der Waals surface area contributed by atoms with Crippen molar-refractivity contribution in [1.29, 1.82) is 0 Å². The van der Waals surface area contributed by atoms with Gasteiger partial charge in [0.1, 0.15) is 34.5 Å². The fourth-order valence-corrected chi connectivity index (χ4v) is 5.72. The molecule has 2 aliphatic heterocycles. The number of hydrogen-bond acceptors (Lipinski definition) is 8. The lowest BCUT2D eigenvalue weighted by molar-refractivity contribution is -0.148. The van der Waals surface area contributed by atoms with Gasteiger partial charge in [0.25, 0.3) is 5.91 Å². The van der Waals surface area contributed by atoms with Gasteiger partial charge in [-0.25, -0.2) is 5.10 Å². The van der Waals surface area contributed by atoms with Gasteiger partial charge in [0.2, 0.25) is 5.91 Å². The van der Waals surface area contributed by atoms with E-state index in [2.05, 4.69) is 25.9 Å². The predicted molar refractivity (Wildman–Crippen MR) is 118 cm³/mol. The number of aromatic nitrogens is 4. The molecular weight excluding hydrogens is 432 g/mol. The quantitative estimate of drug-likeness (QED) is 0.547. The molecule has 3 atom stereocenters. The summed E-state index contributed by atoms with van der Waals surface area (Å²) < 4.78 is 11.3. The van der Waals surface area contributed by atoms with E-state index >= 15 is 0 Å². The Morgan fingerprint density at radius 2 is 1.88 bits per heavy atom. The molecule has 0 spiro atoms. The van der Waals surface area contributed by atoms with E-state index in [1.165, 1.54) is 0 Å². The highest BCUT2D eigenvalue weighted by Crippen LogP contribution is 2.56. The Morgan fingerprint density at radius 1 is 1.22 bits per heavy atom. The van der Waals surface area contributed by atoms with Crippen molar-refractivity contribution >= 4 is 23.6 Å². The van der Waals surface area contributed by atoms with Crippen LogP contribution in [0.2, 0.25) is 0 Å². The fourth-order valence-electron chi connectivity index (χ4n) is 4.09. The van der Waals surface area contributed by atoms with Gasteiger partial charge < -0.3 is 19.7 Å². The minimum atomic E-state index is -0.647. The number of ether oxygens (including phenoxy) is 2. The first-order valence-electron chi connectivity index (χ1n) is 10.8. The van der Waals surface area contributed by atoms with Gasteiger partial charge in [-0.2, -0.15) is 0 Å². The minimum absolute atomic E-state index is 0.161. The lowest BCUT2D eigenvalue weighted by Gasteiger charge is -2.44. The van der Waals surface area contributed by atoms with Crippen LogP contribution in [0.3, 0.4) is 0 Å². The summed E-state index contributed by atoms with van der Waals surface area (Å²) in [6.45, 7) is 9.04. The first-order chi connectivity index (χ1) is 15.4. The van der Waals surface area contributed by atoms with Crippen molar-refractivity contribution in [1.82, 2.24) is 30.8 Å². The lowest BCUT2D eigenvalue weighted by atomic mass is 9.95. The summed E-state index contributed by atoms with van der Waals surface area (Å²) in [5.74, 6) is 0.893. The van der Waals surface area contributed by atoms with E-state index in [9.17, 15) is 9.59 Å². The second-order valence-corrected chi connectivity index (χ2v) is 10.1. The molecule has 2 N–H and O–H groups in total. The van der Waals surface area contributed by atoms with Crippen LogP contribution < -0.4 is 14.8 Å². The van der Waals surface area contributed by atoms with Crippen LogP contribution in [0.5, 0.6) is 11.5 Å². The highest BCUT2D eigenvalue weighted by Gasteiger charge is 2.63. The number of H-pyrrole nitrogens is 1. The second-order valence-electron chi connectivity index (χ2n) is 8.32. The Bertz CT molecular complexity index is 956. The van der Waals surface area contributed by atoms with Crippen molar-refractivity contribution in [3.63, 3.8) is 0 Å². The van der Waals surface area contributed by atoms with Crippen molar-refractivity contribution in [2.75, 3.05) is 13.2 Å². The fraction of sp³-hybridized carbons (Fsp3) is 0.571. The number of thioether (sulfide) groups is 1. The van der Waals surface area contributed by atoms with Gasteiger partial charge in [-0.15, -0.1) is 16.9 Å². The molecule has 2 aromatic rings. The predicted octanol–water partition coefficient (Wildman–Crippen LogP) is 2.31. The Hall–Kier alpha value is -2.82. The summed E-state index contributed by atoms with van der Waals surface area (Å²) in [5, 5.41) is 16.8. The summed E-state index contributed by atoms with van der Waals surface area (Å²) in [6.07, 6.45) is 1.62. The molecule has 2 aliphatic rings. The minimum Gasteiger partial charge on any atom is -0.493 e. The maximum Gasteiger partial charge on any atom is 0.259 e. The van der Waals surface area contributed by atoms with Crippen LogP contribution in [0.1, 0.15) is 62.8 Å². The molecule has 2 unspecified atom stereocenters. The Kier molecular flexibility index (Phi) is 6.27. The molecule has 0 saturated carbocycles. The van der Waals surface area contributed by atoms with E-state index in [1.54, 1.807) is 34.9 Å². The normalized spacial score (nSPS) is 23.4. The number of amides is 2. The van der Waals surface area contributed by atoms with Crippen LogP contribution in [-0.4, -0.2) is 66.7 Å². The van der Waals surface area contributed by atoms with Crippen LogP contribution in [0.15, 0.2) is 18.2 Å². The molecule has 0 radical (unpaired) electrons. The molecule has 2 fully saturated rings. The summed E-state index contributed by atoms with van der Waals surface area (Å²) in [6, 6.07) is 4.36. The molecule has 172 valence electrons. The number of aromatic amines is 1. The van der Waals surface area contributed by atoms with Crippen LogP contribution in [0.25, 0.3) is 0 Å².